The first kappa shape index (κ1) is 17.8. The lowest BCUT2D eigenvalue weighted by atomic mass is 9.95. The van der Waals surface area contributed by atoms with Crippen molar-refractivity contribution in [2.75, 3.05) is 26.9 Å². The van der Waals surface area contributed by atoms with Crippen LogP contribution in [0, 0.1) is 5.92 Å². The highest BCUT2D eigenvalue weighted by Crippen LogP contribution is 2.25. The number of nitrogens with one attached hydrogen (secondary N) is 1. The van der Waals surface area contributed by atoms with Crippen LogP contribution in [0.1, 0.15) is 19.3 Å². The minimum absolute atomic E-state index is 0.128. The summed E-state index contributed by atoms with van der Waals surface area (Å²) in [5.41, 5.74) is 0. The molecule has 0 aliphatic heterocycles. The van der Waals surface area contributed by atoms with Gasteiger partial charge in [0.1, 0.15) is 6.61 Å². The molecule has 0 spiro atoms. The number of benzene rings is 1. The van der Waals surface area contributed by atoms with Crippen molar-refractivity contribution in [1.29, 1.82) is 0 Å². The van der Waals surface area contributed by atoms with Crippen LogP contribution in [0.25, 0.3) is 0 Å². The van der Waals surface area contributed by atoms with E-state index in [0.717, 1.165) is 12.8 Å². The van der Waals surface area contributed by atoms with Crippen LogP contribution >= 0.6 is 0 Å². The molecule has 0 saturated carbocycles. The van der Waals surface area contributed by atoms with Crippen LogP contribution < -0.4 is 14.8 Å². The Bertz CT molecular complexity index is 585. The van der Waals surface area contributed by atoms with E-state index in [4.69, 9.17) is 14.2 Å². The van der Waals surface area contributed by atoms with Gasteiger partial charge in [-0.1, -0.05) is 24.3 Å². The third kappa shape index (κ3) is 5.61. The zero-order valence-corrected chi connectivity index (χ0v) is 13.8. The monoisotopic (exact) mass is 333 g/mol. The molecule has 1 aliphatic rings. The molecule has 1 aliphatic carbocycles. The number of ether oxygens (including phenoxy) is 3. The fraction of sp³-hybridized carbons (Fsp3) is 0.444. The summed E-state index contributed by atoms with van der Waals surface area (Å²) in [5, 5.41) is 2.65. The van der Waals surface area contributed by atoms with Crippen LogP contribution in [-0.4, -0.2) is 38.7 Å². The van der Waals surface area contributed by atoms with E-state index < -0.39 is 0 Å². The van der Waals surface area contributed by atoms with Crippen molar-refractivity contribution in [1.82, 2.24) is 5.32 Å². The fourth-order valence-electron chi connectivity index (χ4n) is 2.40. The summed E-state index contributed by atoms with van der Waals surface area (Å²) in [4.78, 5) is 23.5. The summed E-state index contributed by atoms with van der Waals surface area (Å²) in [7, 11) is 1.57. The molecule has 1 amide bonds. The van der Waals surface area contributed by atoms with Gasteiger partial charge in [0.15, 0.2) is 18.1 Å². The van der Waals surface area contributed by atoms with Crippen LogP contribution in [-0.2, 0) is 14.3 Å². The molecule has 0 fully saturated rings. The lowest BCUT2D eigenvalue weighted by molar-refractivity contribution is -0.152. The van der Waals surface area contributed by atoms with Gasteiger partial charge in [0, 0.05) is 0 Å². The number of amides is 1. The van der Waals surface area contributed by atoms with Crippen molar-refractivity contribution in [3.63, 3.8) is 0 Å². The molecule has 0 bridgehead atoms. The Labute approximate surface area is 141 Å². The van der Waals surface area contributed by atoms with Gasteiger partial charge in [-0.05, 0) is 31.4 Å². The van der Waals surface area contributed by atoms with E-state index in [2.05, 4.69) is 11.4 Å². The first-order chi connectivity index (χ1) is 11.7. The normalized spacial score (nSPS) is 16.3. The number of carbonyl (C=O) groups is 2. The molecular weight excluding hydrogens is 310 g/mol. The van der Waals surface area contributed by atoms with Crippen LogP contribution in [0.3, 0.4) is 0 Å². The van der Waals surface area contributed by atoms with Gasteiger partial charge in [-0.15, -0.1) is 0 Å². The Kier molecular flexibility index (Phi) is 7.14. The van der Waals surface area contributed by atoms with Crippen molar-refractivity contribution < 1.29 is 23.8 Å². The Morgan fingerprint density at radius 3 is 2.71 bits per heavy atom. The molecule has 130 valence electrons. The van der Waals surface area contributed by atoms with E-state index in [9.17, 15) is 9.59 Å². The number of hydrogen-bond acceptors (Lipinski definition) is 5. The Balaban J connectivity index is 1.61. The van der Waals surface area contributed by atoms with Crippen LogP contribution in [0.2, 0.25) is 0 Å². The summed E-state index contributed by atoms with van der Waals surface area (Å²) < 4.78 is 15.8. The second-order valence-corrected chi connectivity index (χ2v) is 5.44. The maximum atomic E-state index is 11.8. The van der Waals surface area contributed by atoms with E-state index in [1.165, 1.54) is 0 Å². The van der Waals surface area contributed by atoms with Gasteiger partial charge >= 0.3 is 5.97 Å². The Morgan fingerprint density at radius 2 is 2.00 bits per heavy atom. The molecular formula is C18H23NO5. The maximum Gasteiger partial charge on any atom is 0.309 e. The number of esters is 1. The van der Waals surface area contributed by atoms with Crippen LogP contribution in [0.4, 0.5) is 0 Å². The van der Waals surface area contributed by atoms with Crippen LogP contribution in [0.15, 0.2) is 36.4 Å². The molecule has 0 saturated heterocycles. The smallest absolute Gasteiger partial charge is 0.309 e. The fourth-order valence-corrected chi connectivity index (χ4v) is 2.40. The zero-order chi connectivity index (χ0) is 17.2. The molecule has 0 aromatic heterocycles. The van der Waals surface area contributed by atoms with E-state index in [1.54, 1.807) is 19.2 Å². The van der Waals surface area contributed by atoms with Crippen molar-refractivity contribution in [2.24, 2.45) is 5.92 Å². The number of allylic oxidation sites excluding steroid dienone is 2. The average molecular weight is 333 g/mol. The van der Waals surface area contributed by atoms with Gasteiger partial charge in [-0.2, -0.15) is 0 Å². The number of carbonyl (C=O) groups excluding carboxylic acids is 2. The molecule has 0 unspecified atom stereocenters. The lowest BCUT2D eigenvalue weighted by Gasteiger charge is -2.16. The molecule has 1 aromatic rings. The van der Waals surface area contributed by atoms with Gasteiger partial charge in [-0.25, -0.2) is 0 Å². The molecule has 1 aromatic carbocycles. The van der Waals surface area contributed by atoms with E-state index in [0.29, 0.717) is 31.1 Å². The molecule has 2 rings (SSSR count). The highest BCUT2D eigenvalue weighted by Gasteiger charge is 2.20. The topological polar surface area (TPSA) is 73.9 Å². The van der Waals surface area contributed by atoms with E-state index in [1.807, 2.05) is 18.2 Å². The van der Waals surface area contributed by atoms with Crippen molar-refractivity contribution in [2.45, 2.75) is 19.3 Å². The molecule has 24 heavy (non-hydrogen) atoms. The third-order valence-electron chi connectivity index (χ3n) is 3.70. The van der Waals surface area contributed by atoms with Crippen molar-refractivity contribution in [3.05, 3.63) is 36.4 Å². The van der Waals surface area contributed by atoms with Gasteiger partial charge in [-0.3, -0.25) is 9.59 Å². The number of para-hydroxylation sites is 2. The summed E-state index contributed by atoms with van der Waals surface area (Å²) in [5.74, 6) is 0.486. The Morgan fingerprint density at radius 1 is 1.21 bits per heavy atom. The molecule has 0 radical (unpaired) electrons. The van der Waals surface area contributed by atoms with Gasteiger partial charge < -0.3 is 19.5 Å². The lowest BCUT2D eigenvalue weighted by Crippen LogP contribution is -2.33. The molecule has 1 N–H and O–H groups in total. The number of methoxy groups -OCH3 is 1. The second-order valence-electron chi connectivity index (χ2n) is 5.44. The molecule has 0 heterocycles. The maximum absolute atomic E-state index is 11.8. The van der Waals surface area contributed by atoms with Crippen LogP contribution in [0.5, 0.6) is 11.5 Å². The summed E-state index contributed by atoms with van der Waals surface area (Å²) in [6.45, 7) is 0.363. The van der Waals surface area contributed by atoms with Gasteiger partial charge in [0.05, 0.1) is 19.6 Å². The average Bonchev–Trinajstić information content (AvgIpc) is 2.64. The molecule has 6 nitrogen and oxygen atoms in total. The first-order valence-electron chi connectivity index (χ1n) is 8.05. The standard InChI is InChI=1S/C18H23NO5/c1-22-15-9-5-6-10-16(15)23-12-11-19-17(20)13-24-18(21)14-7-3-2-4-8-14/h2-3,5-6,9-10,14H,4,7-8,11-13H2,1H3,(H,19,20)/t14-/m1/s1. The van der Waals surface area contributed by atoms with E-state index in [-0.39, 0.29) is 24.4 Å². The predicted molar refractivity (Wildman–Crippen MR) is 88.9 cm³/mol. The highest BCUT2D eigenvalue weighted by atomic mass is 16.5. The highest BCUT2D eigenvalue weighted by molar-refractivity contribution is 5.81. The predicted octanol–water partition coefficient (Wildman–Crippen LogP) is 2.09. The van der Waals surface area contributed by atoms with Crippen molar-refractivity contribution >= 4 is 11.9 Å². The molecule has 1 atom stereocenters. The molecule has 6 heteroatoms. The Hall–Kier alpha value is -2.50. The van der Waals surface area contributed by atoms with Gasteiger partial charge in [0.25, 0.3) is 5.91 Å². The number of rotatable bonds is 8. The SMILES string of the molecule is COc1ccccc1OCCNC(=O)COC(=O)[C@@H]1CC=CCC1. The van der Waals surface area contributed by atoms with Crippen molar-refractivity contribution in [3.8, 4) is 11.5 Å². The second kappa shape index (κ2) is 9.60. The quantitative estimate of drug-likeness (QED) is 0.448. The number of hydrogen-bond donors (Lipinski definition) is 1. The summed E-state index contributed by atoms with van der Waals surface area (Å²) in [6, 6.07) is 7.29. The van der Waals surface area contributed by atoms with E-state index >= 15 is 0 Å². The van der Waals surface area contributed by atoms with Gasteiger partial charge in [0.2, 0.25) is 0 Å². The first-order valence-corrected chi connectivity index (χ1v) is 8.05. The summed E-state index contributed by atoms with van der Waals surface area (Å²) >= 11 is 0. The summed E-state index contributed by atoms with van der Waals surface area (Å²) in [6.07, 6.45) is 6.38. The minimum atomic E-state index is -0.335. The minimum Gasteiger partial charge on any atom is -0.493 e. The largest absolute Gasteiger partial charge is 0.493 e. The third-order valence-corrected chi connectivity index (χ3v) is 3.70. The zero-order valence-electron chi connectivity index (χ0n) is 13.8.